The van der Waals surface area contributed by atoms with Crippen molar-refractivity contribution in [3.05, 3.63) is 46.3 Å². The molecule has 2 atom stereocenters. The van der Waals surface area contributed by atoms with Gasteiger partial charge in [0.1, 0.15) is 23.2 Å². The maximum absolute atomic E-state index is 12.4. The topological polar surface area (TPSA) is 68.9 Å². The Bertz CT molecular complexity index is 1000. The summed E-state index contributed by atoms with van der Waals surface area (Å²) in [5.74, 6) is 0.775. The van der Waals surface area contributed by atoms with E-state index in [0.29, 0.717) is 23.3 Å². The van der Waals surface area contributed by atoms with Gasteiger partial charge >= 0.3 is 5.63 Å². The Hall–Kier alpha value is -2.53. The van der Waals surface area contributed by atoms with Crippen molar-refractivity contribution in [1.29, 1.82) is 0 Å². The van der Waals surface area contributed by atoms with Gasteiger partial charge in [-0.25, -0.2) is 4.79 Å². The second-order valence-electron chi connectivity index (χ2n) is 6.68. The summed E-state index contributed by atoms with van der Waals surface area (Å²) in [6, 6.07) is 8.81. The van der Waals surface area contributed by atoms with Crippen molar-refractivity contribution in [3.8, 4) is 11.5 Å². The fraction of sp³-hybridized carbons (Fsp3) is 0.350. The summed E-state index contributed by atoms with van der Waals surface area (Å²) in [4.78, 5) is 12.4. The third-order valence-corrected chi connectivity index (χ3v) is 4.74. The van der Waals surface area contributed by atoms with Crippen molar-refractivity contribution >= 4 is 21.7 Å². The summed E-state index contributed by atoms with van der Waals surface area (Å²) >= 11 is 0. The third kappa shape index (κ3) is 2.96. The lowest BCUT2D eigenvalue weighted by molar-refractivity contribution is -0.0251. The van der Waals surface area contributed by atoms with Crippen LogP contribution in [0.2, 0.25) is 0 Å². The predicted octanol–water partition coefficient (Wildman–Crippen LogP) is 3.91. The van der Waals surface area contributed by atoms with Gasteiger partial charge in [0, 0.05) is 29.7 Å². The number of phenols is 1. The molecule has 2 unspecified atom stereocenters. The molecule has 1 N–H and O–H groups in total. The van der Waals surface area contributed by atoms with Crippen molar-refractivity contribution in [2.24, 2.45) is 0 Å². The molecule has 2 heterocycles. The van der Waals surface area contributed by atoms with E-state index in [1.807, 2.05) is 32.0 Å². The van der Waals surface area contributed by atoms with Crippen LogP contribution in [0.15, 0.2) is 39.5 Å². The quantitative estimate of drug-likeness (QED) is 0.566. The Morgan fingerprint density at radius 3 is 2.80 bits per heavy atom. The van der Waals surface area contributed by atoms with Crippen molar-refractivity contribution in [3.63, 3.8) is 0 Å². The lowest BCUT2D eigenvalue weighted by Crippen LogP contribution is -2.31. The number of hydrogen-bond acceptors (Lipinski definition) is 5. The summed E-state index contributed by atoms with van der Waals surface area (Å²) in [5.41, 5.74) is 0.684. The zero-order chi connectivity index (χ0) is 17.6. The van der Waals surface area contributed by atoms with E-state index in [0.717, 1.165) is 29.2 Å². The molecule has 1 saturated heterocycles. The van der Waals surface area contributed by atoms with Crippen LogP contribution in [0.4, 0.5) is 0 Å². The van der Waals surface area contributed by atoms with Crippen LogP contribution >= 0.6 is 0 Å². The van der Waals surface area contributed by atoms with E-state index in [9.17, 15) is 9.90 Å². The van der Waals surface area contributed by atoms with E-state index in [-0.39, 0.29) is 18.0 Å². The number of aromatic hydroxyl groups is 1. The molecule has 0 aliphatic carbocycles. The Kier molecular flexibility index (Phi) is 3.88. The fourth-order valence-electron chi connectivity index (χ4n) is 3.38. The summed E-state index contributed by atoms with van der Waals surface area (Å²) in [5, 5.41) is 11.9. The highest BCUT2D eigenvalue weighted by molar-refractivity contribution is 6.05. The largest absolute Gasteiger partial charge is 0.508 e. The van der Waals surface area contributed by atoms with Crippen molar-refractivity contribution in [2.45, 2.75) is 38.9 Å². The van der Waals surface area contributed by atoms with Crippen molar-refractivity contribution in [2.75, 3.05) is 6.61 Å². The molecule has 5 nitrogen and oxygen atoms in total. The average Bonchev–Trinajstić information content (AvgIpc) is 2.57. The van der Waals surface area contributed by atoms with Gasteiger partial charge in [0.2, 0.25) is 0 Å². The first-order valence-electron chi connectivity index (χ1n) is 8.50. The highest BCUT2D eigenvalue weighted by Crippen LogP contribution is 2.31. The van der Waals surface area contributed by atoms with Crippen LogP contribution in [0.25, 0.3) is 21.7 Å². The van der Waals surface area contributed by atoms with E-state index in [1.165, 1.54) is 6.07 Å². The van der Waals surface area contributed by atoms with Gasteiger partial charge in [-0.15, -0.1) is 0 Å². The number of ether oxygens (including phenoxy) is 2. The highest BCUT2D eigenvalue weighted by atomic mass is 16.5. The first-order chi connectivity index (χ1) is 12.0. The molecule has 130 valence electrons. The minimum absolute atomic E-state index is 0.0906. The van der Waals surface area contributed by atoms with Gasteiger partial charge in [0.15, 0.2) is 0 Å². The summed E-state index contributed by atoms with van der Waals surface area (Å²) in [7, 11) is 0. The van der Waals surface area contributed by atoms with E-state index in [2.05, 4.69) is 0 Å². The van der Waals surface area contributed by atoms with Gasteiger partial charge in [-0.3, -0.25) is 0 Å². The molecule has 0 saturated carbocycles. The molecule has 5 heteroatoms. The average molecular weight is 340 g/mol. The van der Waals surface area contributed by atoms with Gasteiger partial charge in [-0.05, 0) is 43.7 Å². The lowest BCUT2D eigenvalue weighted by Gasteiger charge is -2.27. The van der Waals surface area contributed by atoms with Crippen LogP contribution in [-0.2, 0) is 4.74 Å². The molecule has 1 aliphatic rings. The molecule has 1 aliphatic heterocycles. The predicted molar refractivity (Wildman–Crippen MR) is 95.5 cm³/mol. The Morgan fingerprint density at radius 1 is 1.16 bits per heavy atom. The maximum Gasteiger partial charge on any atom is 0.344 e. The smallest absolute Gasteiger partial charge is 0.344 e. The van der Waals surface area contributed by atoms with E-state index in [1.54, 1.807) is 6.07 Å². The van der Waals surface area contributed by atoms with Crippen LogP contribution in [-0.4, -0.2) is 23.9 Å². The first-order valence-corrected chi connectivity index (χ1v) is 8.50. The van der Waals surface area contributed by atoms with E-state index in [4.69, 9.17) is 13.9 Å². The number of hydrogen-bond donors (Lipinski definition) is 1. The number of aryl methyl sites for hydroxylation is 1. The number of fused-ring (bicyclic) bond motifs is 3. The van der Waals surface area contributed by atoms with E-state index < -0.39 is 5.63 Å². The molecular formula is C20H20O5. The van der Waals surface area contributed by atoms with Crippen molar-refractivity contribution in [1.82, 2.24) is 0 Å². The zero-order valence-corrected chi connectivity index (χ0v) is 14.2. The fourth-order valence-corrected chi connectivity index (χ4v) is 3.38. The number of rotatable bonds is 2. The van der Waals surface area contributed by atoms with Crippen LogP contribution < -0.4 is 10.4 Å². The molecule has 0 bridgehead atoms. The lowest BCUT2D eigenvalue weighted by atomic mass is 10.0. The van der Waals surface area contributed by atoms with Gasteiger partial charge in [0.25, 0.3) is 0 Å². The molecule has 0 amide bonds. The molecule has 1 aromatic heterocycles. The monoisotopic (exact) mass is 340 g/mol. The minimum atomic E-state index is -0.434. The zero-order valence-electron chi connectivity index (χ0n) is 14.2. The highest BCUT2D eigenvalue weighted by Gasteiger charge is 2.21. The number of phenolic OH excluding ortho intramolecular Hbond substituents is 1. The number of benzene rings is 2. The van der Waals surface area contributed by atoms with Gasteiger partial charge < -0.3 is 19.0 Å². The third-order valence-electron chi connectivity index (χ3n) is 4.74. The van der Waals surface area contributed by atoms with Crippen LogP contribution in [0.5, 0.6) is 11.5 Å². The van der Waals surface area contributed by atoms with Crippen LogP contribution in [0.1, 0.15) is 25.3 Å². The summed E-state index contributed by atoms with van der Waals surface area (Å²) < 4.78 is 17.0. The summed E-state index contributed by atoms with van der Waals surface area (Å²) in [6.07, 6.45) is 1.95. The Labute approximate surface area is 144 Å². The van der Waals surface area contributed by atoms with Gasteiger partial charge in [0.05, 0.1) is 18.1 Å². The molecule has 2 aromatic carbocycles. The molecule has 4 rings (SSSR count). The van der Waals surface area contributed by atoms with Crippen LogP contribution in [0, 0.1) is 6.92 Å². The van der Waals surface area contributed by atoms with Crippen LogP contribution in [0.3, 0.4) is 0 Å². The Morgan fingerprint density at radius 2 is 2.00 bits per heavy atom. The molecular weight excluding hydrogens is 320 g/mol. The second-order valence-corrected chi connectivity index (χ2v) is 6.68. The molecule has 0 radical (unpaired) electrons. The molecule has 3 aromatic rings. The van der Waals surface area contributed by atoms with Crippen molar-refractivity contribution < 1.29 is 19.0 Å². The second kappa shape index (κ2) is 6.08. The minimum Gasteiger partial charge on any atom is -0.508 e. The first kappa shape index (κ1) is 16.0. The maximum atomic E-state index is 12.4. The summed E-state index contributed by atoms with van der Waals surface area (Å²) in [6.45, 7) is 4.54. The van der Waals surface area contributed by atoms with Gasteiger partial charge in [-0.1, -0.05) is 0 Å². The molecule has 0 spiro atoms. The Balaban J connectivity index is 1.78. The normalized spacial score (nSPS) is 20.9. The molecule has 1 fully saturated rings. The van der Waals surface area contributed by atoms with E-state index >= 15 is 0 Å². The standard InChI is InChI=1S/C20H20O5/c1-11-7-16-15-4-3-13(24-14-5-6-23-12(2)8-14)9-17(15)20(22)25-19(16)10-18(11)21/h3-4,7,9-10,12,14,21H,5-6,8H2,1-2H3. The SMILES string of the molecule is Cc1cc2c(cc1O)oc(=O)c1cc(OC3CCOC(C)C3)ccc12. The van der Waals surface area contributed by atoms with Gasteiger partial charge in [-0.2, -0.15) is 0 Å². The molecule has 25 heavy (non-hydrogen) atoms.